The van der Waals surface area contributed by atoms with E-state index >= 15 is 0 Å². The quantitative estimate of drug-likeness (QED) is 0.842. The number of nitrogens with zero attached hydrogens (tertiary/aromatic N) is 3. The zero-order valence-corrected chi connectivity index (χ0v) is 10.5. The highest BCUT2D eigenvalue weighted by atomic mass is 15.3. The number of hydrogen-bond donors (Lipinski definition) is 1. The van der Waals surface area contributed by atoms with E-state index in [0.29, 0.717) is 6.04 Å². The molecule has 1 aromatic rings. The maximum absolute atomic E-state index is 4.43. The van der Waals surface area contributed by atoms with Crippen molar-refractivity contribution in [3.63, 3.8) is 0 Å². The van der Waals surface area contributed by atoms with Gasteiger partial charge in [-0.15, -0.1) is 0 Å². The number of nitrogens with one attached hydrogen (secondary N) is 1. The fourth-order valence-electron chi connectivity index (χ4n) is 2.76. The first-order valence-electron chi connectivity index (χ1n) is 6.26. The minimum absolute atomic E-state index is 0.544. The van der Waals surface area contributed by atoms with Crippen LogP contribution in [0.4, 0.5) is 0 Å². The molecule has 0 aromatic carbocycles. The standard InChI is InChI=1S/C12H22N4/c1-9-14-10(2)16(15-9)8-12(13-3)11-6-4-5-7-11/h11-13H,4-8H2,1-3H3. The second kappa shape index (κ2) is 4.95. The molecule has 90 valence electrons. The first kappa shape index (κ1) is 11.6. The number of aryl methyl sites for hydroxylation is 2. The first-order valence-corrected chi connectivity index (χ1v) is 6.26. The maximum Gasteiger partial charge on any atom is 0.147 e. The van der Waals surface area contributed by atoms with Crippen LogP contribution in [0, 0.1) is 19.8 Å². The largest absolute Gasteiger partial charge is 0.315 e. The van der Waals surface area contributed by atoms with Crippen LogP contribution >= 0.6 is 0 Å². The molecule has 1 aliphatic carbocycles. The van der Waals surface area contributed by atoms with Gasteiger partial charge in [-0.05, 0) is 39.7 Å². The molecule has 1 aromatic heterocycles. The third-order valence-corrected chi connectivity index (χ3v) is 3.67. The predicted octanol–water partition coefficient (Wildman–Crippen LogP) is 1.67. The lowest BCUT2D eigenvalue weighted by Crippen LogP contribution is -2.37. The van der Waals surface area contributed by atoms with Crippen LogP contribution in [-0.4, -0.2) is 27.9 Å². The summed E-state index contributed by atoms with van der Waals surface area (Å²) in [5.41, 5.74) is 0. The van der Waals surface area contributed by atoms with Crippen LogP contribution in [0.1, 0.15) is 37.3 Å². The third-order valence-electron chi connectivity index (χ3n) is 3.67. The maximum atomic E-state index is 4.43. The summed E-state index contributed by atoms with van der Waals surface area (Å²) >= 11 is 0. The van der Waals surface area contributed by atoms with Crippen LogP contribution in [0.25, 0.3) is 0 Å². The molecule has 0 bridgehead atoms. The third kappa shape index (κ3) is 2.43. The molecule has 1 unspecified atom stereocenters. The molecular formula is C12H22N4. The van der Waals surface area contributed by atoms with Crippen molar-refractivity contribution in [3.8, 4) is 0 Å². The van der Waals surface area contributed by atoms with Crippen LogP contribution in [0.2, 0.25) is 0 Å². The molecule has 1 fully saturated rings. The van der Waals surface area contributed by atoms with Crippen LogP contribution in [0.5, 0.6) is 0 Å². The second-order valence-corrected chi connectivity index (χ2v) is 4.83. The fourth-order valence-corrected chi connectivity index (χ4v) is 2.76. The van der Waals surface area contributed by atoms with Crippen molar-refractivity contribution in [2.24, 2.45) is 5.92 Å². The van der Waals surface area contributed by atoms with Crippen molar-refractivity contribution in [1.82, 2.24) is 20.1 Å². The van der Waals surface area contributed by atoms with Gasteiger partial charge < -0.3 is 5.32 Å². The molecule has 2 rings (SSSR count). The molecule has 0 aliphatic heterocycles. The summed E-state index contributed by atoms with van der Waals surface area (Å²) in [6.07, 6.45) is 5.49. The zero-order valence-electron chi connectivity index (χ0n) is 10.5. The molecule has 1 heterocycles. The van der Waals surface area contributed by atoms with Gasteiger partial charge >= 0.3 is 0 Å². The van der Waals surface area contributed by atoms with E-state index in [1.54, 1.807) is 0 Å². The van der Waals surface area contributed by atoms with Crippen LogP contribution in [-0.2, 0) is 6.54 Å². The van der Waals surface area contributed by atoms with Crippen molar-refractivity contribution in [2.45, 2.75) is 52.1 Å². The van der Waals surface area contributed by atoms with Gasteiger partial charge in [0.15, 0.2) is 0 Å². The number of hydrogen-bond acceptors (Lipinski definition) is 3. The summed E-state index contributed by atoms with van der Waals surface area (Å²) in [5, 5.41) is 7.88. The highest BCUT2D eigenvalue weighted by Crippen LogP contribution is 2.28. The van der Waals surface area contributed by atoms with Gasteiger partial charge in [0, 0.05) is 6.04 Å². The second-order valence-electron chi connectivity index (χ2n) is 4.83. The molecule has 4 nitrogen and oxygen atoms in total. The SMILES string of the molecule is CNC(Cn1nc(C)nc1C)C1CCCC1. The van der Waals surface area contributed by atoms with Gasteiger partial charge in [-0.1, -0.05) is 12.8 Å². The Balaban J connectivity index is 2.03. The molecule has 1 aliphatic rings. The van der Waals surface area contributed by atoms with Crippen molar-refractivity contribution in [2.75, 3.05) is 7.05 Å². The van der Waals surface area contributed by atoms with E-state index in [1.165, 1.54) is 25.7 Å². The molecule has 4 heteroatoms. The zero-order chi connectivity index (χ0) is 11.5. The summed E-state index contributed by atoms with van der Waals surface area (Å²) in [5.74, 6) is 2.71. The van der Waals surface area contributed by atoms with Gasteiger partial charge in [0.1, 0.15) is 11.6 Å². The Hall–Kier alpha value is -0.900. The minimum atomic E-state index is 0.544. The number of rotatable bonds is 4. The Morgan fingerprint density at radius 1 is 1.38 bits per heavy atom. The molecule has 0 amide bonds. The molecule has 0 spiro atoms. The van der Waals surface area contributed by atoms with Crippen molar-refractivity contribution in [1.29, 1.82) is 0 Å². The Morgan fingerprint density at radius 3 is 2.56 bits per heavy atom. The lowest BCUT2D eigenvalue weighted by Gasteiger charge is -2.23. The minimum Gasteiger partial charge on any atom is -0.315 e. The highest BCUT2D eigenvalue weighted by molar-refractivity contribution is 4.90. The monoisotopic (exact) mass is 222 g/mol. The van der Waals surface area contributed by atoms with Gasteiger partial charge in [-0.25, -0.2) is 9.67 Å². The molecule has 0 radical (unpaired) electrons. The summed E-state index contributed by atoms with van der Waals surface area (Å²) < 4.78 is 2.04. The Labute approximate surface area is 97.5 Å². The predicted molar refractivity (Wildman–Crippen MR) is 64.3 cm³/mol. The van der Waals surface area contributed by atoms with E-state index in [9.17, 15) is 0 Å². The fraction of sp³-hybridized carbons (Fsp3) is 0.833. The normalized spacial score (nSPS) is 19.2. The van der Waals surface area contributed by atoms with E-state index in [4.69, 9.17) is 0 Å². The molecule has 1 N–H and O–H groups in total. The van der Waals surface area contributed by atoms with Crippen molar-refractivity contribution in [3.05, 3.63) is 11.6 Å². The summed E-state index contributed by atoms with van der Waals surface area (Å²) in [6.45, 7) is 4.93. The van der Waals surface area contributed by atoms with Gasteiger partial charge in [0.05, 0.1) is 6.54 Å². The lowest BCUT2D eigenvalue weighted by atomic mass is 9.98. The number of likely N-dealkylation sites (N-methyl/N-ethyl adjacent to an activating group) is 1. The Kier molecular flexibility index (Phi) is 3.59. The van der Waals surface area contributed by atoms with E-state index in [0.717, 1.165) is 24.1 Å². The Morgan fingerprint density at radius 2 is 2.06 bits per heavy atom. The van der Waals surface area contributed by atoms with Gasteiger partial charge in [0.25, 0.3) is 0 Å². The Bertz CT molecular complexity index is 339. The van der Waals surface area contributed by atoms with Gasteiger partial charge in [-0.3, -0.25) is 0 Å². The molecular weight excluding hydrogens is 200 g/mol. The smallest absolute Gasteiger partial charge is 0.147 e. The van der Waals surface area contributed by atoms with E-state index in [2.05, 4.69) is 22.4 Å². The molecule has 0 saturated heterocycles. The van der Waals surface area contributed by atoms with Crippen LogP contribution in [0.3, 0.4) is 0 Å². The average molecular weight is 222 g/mol. The summed E-state index contributed by atoms with van der Waals surface area (Å²) in [7, 11) is 2.06. The van der Waals surface area contributed by atoms with E-state index in [1.807, 2.05) is 18.5 Å². The van der Waals surface area contributed by atoms with Gasteiger partial charge in [0.2, 0.25) is 0 Å². The van der Waals surface area contributed by atoms with Crippen molar-refractivity contribution < 1.29 is 0 Å². The average Bonchev–Trinajstić information content (AvgIpc) is 2.85. The molecule has 1 saturated carbocycles. The first-order chi connectivity index (χ1) is 7.70. The van der Waals surface area contributed by atoms with Crippen LogP contribution < -0.4 is 5.32 Å². The summed E-state index contributed by atoms with van der Waals surface area (Å²) in [6, 6.07) is 0.544. The molecule has 16 heavy (non-hydrogen) atoms. The van der Waals surface area contributed by atoms with Crippen LogP contribution in [0.15, 0.2) is 0 Å². The van der Waals surface area contributed by atoms with Gasteiger partial charge in [-0.2, -0.15) is 5.10 Å². The topological polar surface area (TPSA) is 42.7 Å². The summed E-state index contributed by atoms with van der Waals surface area (Å²) in [4.78, 5) is 4.35. The number of aromatic nitrogens is 3. The van der Waals surface area contributed by atoms with E-state index in [-0.39, 0.29) is 0 Å². The molecule has 1 atom stereocenters. The highest BCUT2D eigenvalue weighted by Gasteiger charge is 2.24. The van der Waals surface area contributed by atoms with E-state index < -0.39 is 0 Å². The lowest BCUT2D eigenvalue weighted by molar-refractivity contribution is 0.325. The van der Waals surface area contributed by atoms with Crippen molar-refractivity contribution >= 4 is 0 Å².